The van der Waals surface area contributed by atoms with Gasteiger partial charge in [0.1, 0.15) is 1.37 Å². The Labute approximate surface area is 624 Å². The second kappa shape index (κ2) is 37.9. The number of aliphatic hydroxyl groups is 4. The van der Waals surface area contributed by atoms with Crippen LogP contribution in [0.15, 0.2) is 63.6 Å². The van der Waals surface area contributed by atoms with E-state index in [4.69, 9.17) is 48.4 Å². The van der Waals surface area contributed by atoms with Crippen LogP contribution < -0.4 is 153 Å². The summed E-state index contributed by atoms with van der Waals surface area (Å²) in [6.45, 7) is -11.4. The fourth-order valence-electron chi connectivity index (χ4n) is 7.69. The van der Waals surface area contributed by atoms with Gasteiger partial charge in [0, 0.05) is 114 Å². The van der Waals surface area contributed by atoms with Crippen LogP contribution in [-0.4, -0.2) is 131 Å². The summed E-state index contributed by atoms with van der Waals surface area (Å²) in [5.74, 6) is 0. The topological polar surface area (TPSA) is 409 Å². The summed E-state index contributed by atoms with van der Waals surface area (Å²) in [6, 6.07) is 0. The van der Waals surface area contributed by atoms with Gasteiger partial charge < -0.3 is 55.7 Å². The molecule has 0 aromatic carbocycles. The quantitative estimate of drug-likeness (QED) is 0.0225. The Balaban J connectivity index is 0.00000148. The molecule has 8 aromatic rings. The number of aromatic nitrogens is 16. The summed E-state index contributed by atoms with van der Waals surface area (Å²) < 4.78 is 220. The molecule has 474 valence electrons. The van der Waals surface area contributed by atoms with E-state index < -0.39 is 166 Å². The van der Waals surface area contributed by atoms with E-state index >= 15 is 0 Å². The smallest absolute Gasteiger partial charge is 1.00 e. The molecule has 2 unspecified atom stereocenters. The molecular weight excluding hydrogens is 1190 g/mol. The summed E-state index contributed by atoms with van der Waals surface area (Å²) in [6.07, 6.45) is -18.1. The standard InChI is InChI=1S/4C13H20N4O3.CH2O3.2K.H2O.H/c4*1-9(18)6-4-5-7-17-12(19)10-11(14-8-15(10)2)16(3)13(17)20;2-1-4-3;;;;/h4*8-9,18H,4-7H2,1-3H3;1,3H;;;1H2;/q;;;;;2*+1;;-1/p-1/t2*9-;;;;;;;/m10......./s1/i2D3,6D2,9D;2D3,3D3,6D2,9D;2D3,6D2,8D,9D;2D3,6D2,9D;;;;;. The minimum Gasteiger partial charge on any atom is -1.00 e. The number of aryl methyl sites for hydroxylation is 8. The minimum absolute atomic E-state index is 0. The molecule has 0 spiro atoms. The second-order valence-corrected chi connectivity index (χ2v) is 17.7. The maximum absolute atomic E-state index is 12.8. The third-order valence-corrected chi connectivity index (χ3v) is 11.7. The summed E-state index contributed by atoms with van der Waals surface area (Å²) in [5.41, 5.74) is -9.64. The van der Waals surface area contributed by atoms with Gasteiger partial charge in [0.2, 0.25) is 0 Å². The van der Waals surface area contributed by atoms with Gasteiger partial charge in [0.25, 0.3) is 28.7 Å². The number of fused-ring (bicyclic) bond motifs is 4. The third kappa shape index (κ3) is 20.8. The molecule has 0 radical (unpaired) electrons. The van der Waals surface area contributed by atoms with E-state index in [0.717, 1.165) is 74.1 Å². The number of imidazole rings is 4. The van der Waals surface area contributed by atoms with Gasteiger partial charge in [-0.25, -0.2) is 39.1 Å². The summed E-state index contributed by atoms with van der Waals surface area (Å²) in [4.78, 5) is 127. The van der Waals surface area contributed by atoms with Crippen LogP contribution in [0, 0.1) is 0 Å². The SMILES string of the molecule is O.O=CO[O-].[2H]C([2H])([2H])n1cnc2c1c(=O)n(CCCC([2H])([2H])C([2H])(C)O)c(=O)n2C.[2H]C([2H])([2H])n1cnc2c1c(=O)n(CCCC([2H])([2H])[C@@]([2H])(C)O)c(=O)n2C.[2H]C([2H])([2H])n1cnc2c1c(=O)n(CCCC([2H])([2H])[C@]([2H])(C)O)c(=O)n2C([2H])([2H])[2H].[2H]c1nc2c(c(=O)n(CCCC([2H])([2H])C([2H])(C)O)c(=O)n2C)n1C([2H])([2H])[2H].[H-].[K+].[K+]. The predicted octanol–water partition coefficient (Wildman–Crippen LogP) is -8.33. The minimum atomic E-state index is -3.06. The predicted molar refractivity (Wildman–Crippen MR) is 315 cm³/mol. The van der Waals surface area contributed by atoms with Crippen LogP contribution in [0.3, 0.4) is 0 Å². The number of carbonyl (C=O) groups excluding carboxylic acids is 1. The molecule has 6 N–H and O–H groups in total. The molecule has 0 aliphatic carbocycles. The first-order chi connectivity index (χ1) is 50.3. The second-order valence-electron chi connectivity index (χ2n) is 17.7. The van der Waals surface area contributed by atoms with E-state index in [-0.39, 0.29) is 213 Å². The van der Waals surface area contributed by atoms with E-state index in [2.05, 4.69) is 24.8 Å². The number of hydrogen-bond donors (Lipinski definition) is 4. The number of carbonyl (C=O) groups is 1. The van der Waals surface area contributed by atoms with Gasteiger partial charge in [-0.3, -0.25) is 60.5 Å². The van der Waals surface area contributed by atoms with Crippen LogP contribution in [0.4, 0.5) is 0 Å². The van der Waals surface area contributed by atoms with Crippen LogP contribution in [0.25, 0.3) is 44.7 Å². The van der Waals surface area contributed by atoms with Gasteiger partial charge in [-0.15, -0.1) is 0 Å². The molecule has 0 saturated heterocycles. The number of hydrogen-bond acceptors (Lipinski definition) is 19. The first kappa shape index (κ1) is 44.5. The van der Waals surface area contributed by atoms with E-state index in [1.54, 1.807) is 0 Å². The normalized spacial score (nSPS) is 19.8. The van der Waals surface area contributed by atoms with Crippen molar-refractivity contribution in [3.63, 3.8) is 0 Å². The van der Waals surface area contributed by atoms with E-state index in [0.29, 0.717) is 22.8 Å². The van der Waals surface area contributed by atoms with Crippen molar-refractivity contribution in [2.45, 2.75) is 155 Å². The monoisotopic (exact) mass is 1310 g/mol. The molecule has 8 aromatic heterocycles. The summed E-state index contributed by atoms with van der Waals surface area (Å²) in [5, 5.41) is 46.5. The number of rotatable bonds is 21. The first-order valence-corrected chi connectivity index (χ1v) is 24.7. The Bertz CT molecular complexity index is 5090. The molecule has 0 amide bonds. The van der Waals surface area contributed by atoms with Gasteiger partial charge in [0.15, 0.2) is 44.7 Å². The van der Waals surface area contributed by atoms with Gasteiger partial charge in [0.05, 0.1) is 55.1 Å². The van der Waals surface area contributed by atoms with Crippen molar-refractivity contribution in [1.29, 1.82) is 0 Å². The van der Waals surface area contributed by atoms with Crippen molar-refractivity contribution in [1.82, 2.24) is 74.7 Å². The zero-order valence-electron chi connectivity index (χ0n) is 77.7. The molecule has 87 heavy (non-hydrogen) atoms. The van der Waals surface area contributed by atoms with Crippen molar-refractivity contribution < 1.29 is 183 Å². The third-order valence-electron chi connectivity index (χ3n) is 11.7. The van der Waals surface area contributed by atoms with Gasteiger partial charge in [-0.05, 0) is 105 Å². The van der Waals surface area contributed by atoms with Crippen LogP contribution in [0.5, 0.6) is 0 Å². The molecule has 0 fully saturated rings. The molecule has 32 nitrogen and oxygen atoms in total. The van der Waals surface area contributed by atoms with Crippen LogP contribution >= 0.6 is 0 Å². The van der Waals surface area contributed by atoms with Gasteiger partial charge >= 0.3 is 126 Å². The zero-order chi connectivity index (χ0) is 87.1. The molecule has 0 aliphatic rings. The van der Waals surface area contributed by atoms with Crippen molar-refractivity contribution in [3.8, 4) is 0 Å². The summed E-state index contributed by atoms with van der Waals surface area (Å²) >= 11 is 0. The Morgan fingerprint density at radius 1 is 0.494 bits per heavy atom. The molecule has 0 bridgehead atoms. The molecular formula is C53H84K2N16O16. The molecule has 34 heteroatoms. The average molecular weight is 1310 g/mol. The van der Waals surface area contributed by atoms with Crippen LogP contribution in [0.2, 0.25) is 0 Å². The van der Waals surface area contributed by atoms with E-state index in [1.807, 2.05) is 0 Å². The fraction of sp³-hybridized carbons (Fsp3) is 0.604. The van der Waals surface area contributed by atoms with Gasteiger partial charge in [-0.2, -0.15) is 0 Å². The van der Waals surface area contributed by atoms with Crippen LogP contribution in [-0.2, 0) is 91.9 Å². The molecule has 0 saturated carbocycles. The first-order valence-electron chi connectivity index (χ1n) is 38.7. The Morgan fingerprint density at radius 2 is 0.736 bits per heavy atom. The molecule has 4 atom stereocenters. The number of nitrogens with zero attached hydrogens (tertiary/aromatic N) is 16. The van der Waals surface area contributed by atoms with Crippen molar-refractivity contribution >= 4 is 51.1 Å². The van der Waals surface area contributed by atoms with Gasteiger partial charge in [-0.1, -0.05) is 0 Å². The van der Waals surface area contributed by atoms with E-state index in [1.165, 1.54) is 21.1 Å². The van der Waals surface area contributed by atoms with Crippen molar-refractivity contribution in [3.05, 3.63) is 109 Å². The Kier molecular flexibility index (Phi) is 19.4. The average Bonchev–Trinajstić information content (AvgIpc) is 1.48. The summed E-state index contributed by atoms with van der Waals surface area (Å²) in [7, 11) is 3.99. The Morgan fingerprint density at radius 3 is 0.977 bits per heavy atom. The van der Waals surface area contributed by atoms with Crippen LogP contribution in [0.1, 0.15) is 144 Å². The largest absolute Gasteiger partial charge is 1.00 e. The van der Waals surface area contributed by atoms with Crippen molar-refractivity contribution in [2.75, 3.05) is 0 Å². The maximum Gasteiger partial charge on any atom is 1.00 e. The fourth-order valence-corrected chi connectivity index (χ4v) is 7.69. The molecule has 8 heterocycles. The zero-order valence-corrected chi connectivity index (χ0v) is 55.0. The molecule has 8 rings (SSSR count). The maximum atomic E-state index is 12.8. The Hall–Kier alpha value is -4.90. The molecule has 0 aliphatic heterocycles. The van der Waals surface area contributed by atoms with E-state index in [9.17, 15) is 58.8 Å². The van der Waals surface area contributed by atoms with Crippen molar-refractivity contribution in [2.24, 2.45) is 56.0 Å².